The van der Waals surface area contributed by atoms with Crippen molar-refractivity contribution in [3.05, 3.63) is 0 Å². The van der Waals surface area contributed by atoms with Crippen molar-refractivity contribution < 1.29 is 4.79 Å². The van der Waals surface area contributed by atoms with Crippen LogP contribution in [0.15, 0.2) is 4.99 Å². The molecular weight excluding hydrogens is 176 g/mol. The van der Waals surface area contributed by atoms with Crippen molar-refractivity contribution in [2.45, 2.75) is 6.92 Å². The maximum absolute atomic E-state index is 10.3. The minimum Gasteiger partial charge on any atom is -0.369 e. The number of amides is 1. The smallest absolute Gasteiger partial charge is 0.227 e. The molecule has 0 saturated carbocycles. The minimum absolute atomic E-state index is 0.132. The quantitative estimate of drug-likeness (QED) is 0.273. The summed E-state index contributed by atoms with van der Waals surface area (Å²) in [7, 11) is 0. The molecule has 0 aromatic rings. The Bertz CT molecular complexity index is 220. The lowest BCUT2D eigenvalue weighted by atomic mass is 10.8. The summed E-state index contributed by atoms with van der Waals surface area (Å²) in [5.41, 5.74) is 4.91. The van der Waals surface area contributed by atoms with E-state index >= 15 is 0 Å². The lowest BCUT2D eigenvalue weighted by molar-refractivity contribution is -0.115. The molecule has 0 bridgehead atoms. The first kappa shape index (κ1) is 10.8. The molecule has 0 radical (unpaired) electrons. The van der Waals surface area contributed by atoms with E-state index in [0.29, 0.717) is 11.7 Å². The molecule has 0 rings (SSSR count). The topological polar surface area (TPSA) is 91.3 Å². The molecule has 66 valence electrons. The third-order valence-corrected chi connectivity index (χ3v) is 1.75. The predicted molar refractivity (Wildman–Crippen MR) is 48.4 cm³/mol. The molecule has 0 aliphatic carbocycles. The van der Waals surface area contributed by atoms with Crippen molar-refractivity contribution in [1.82, 2.24) is 5.32 Å². The molecule has 0 saturated heterocycles. The number of hydrogen-bond acceptors (Lipinski definition) is 4. The highest BCUT2D eigenvalue weighted by Gasteiger charge is 2.00. The Balaban J connectivity index is 3.89. The number of nitrogens with zero attached hydrogens (tertiary/aromatic N) is 2. The summed E-state index contributed by atoms with van der Waals surface area (Å²) >= 11 is 1.12. The average molecular weight is 186 g/mol. The summed E-state index contributed by atoms with van der Waals surface area (Å²) in [6, 6.07) is 0. The zero-order valence-electron chi connectivity index (χ0n) is 6.70. The highest BCUT2D eigenvalue weighted by atomic mass is 32.2. The third kappa shape index (κ3) is 5.56. The number of carbonyl (C=O) groups excluding carboxylic acids is 1. The van der Waals surface area contributed by atoms with Gasteiger partial charge in [-0.25, -0.2) is 0 Å². The molecule has 0 aliphatic heterocycles. The molecule has 12 heavy (non-hydrogen) atoms. The number of thioether (sulfide) groups is 1. The first-order valence-corrected chi connectivity index (χ1v) is 4.30. The normalized spacial score (nSPS) is 10.5. The maximum atomic E-state index is 10.3. The number of amidine groups is 1. The Hall–Kier alpha value is -1.22. The summed E-state index contributed by atoms with van der Waals surface area (Å²) in [6.45, 7) is 2.40. The number of nitrogens with two attached hydrogens (primary N) is 1. The van der Waals surface area contributed by atoms with Crippen molar-refractivity contribution in [3.8, 4) is 6.19 Å². The Morgan fingerprint density at radius 1 is 1.83 bits per heavy atom. The standard InChI is InChI=1S/C6H10N4OS/c1-2-9-6(10-4-7)12-3-5(8)11/h2-3H2,1H3,(H2,8,11)(H,9,10). The van der Waals surface area contributed by atoms with Gasteiger partial charge in [0.05, 0.1) is 5.75 Å². The number of primary amides is 1. The van der Waals surface area contributed by atoms with Crippen molar-refractivity contribution in [2.75, 3.05) is 12.3 Å². The molecule has 5 nitrogen and oxygen atoms in total. The largest absolute Gasteiger partial charge is 0.369 e. The van der Waals surface area contributed by atoms with Gasteiger partial charge in [-0.1, -0.05) is 11.8 Å². The van der Waals surface area contributed by atoms with E-state index in [2.05, 4.69) is 10.3 Å². The summed E-state index contributed by atoms with van der Waals surface area (Å²) < 4.78 is 0. The number of aliphatic imine (C=N–C) groups is 1. The van der Waals surface area contributed by atoms with E-state index in [9.17, 15) is 4.79 Å². The fourth-order valence-corrected chi connectivity index (χ4v) is 1.07. The first-order chi connectivity index (χ1) is 5.70. The highest BCUT2D eigenvalue weighted by molar-refractivity contribution is 8.14. The van der Waals surface area contributed by atoms with Gasteiger partial charge in [0.1, 0.15) is 0 Å². The molecule has 0 aromatic carbocycles. The van der Waals surface area contributed by atoms with Crippen LogP contribution in [0.5, 0.6) is 0 Å². The van der Waals surface area contributed by atoms with Gasteiger partial charge < -0.3 is 5.73 Å². The monoisotopic (exact) mass is 186 g/mol. The van der Waals surface area contributed by atoms with Gasteiger partial charge in [-0.05, 0) is 6.92 Å². The SMILES string of the molecule is CCN=C(NC#N)SCC(N)=O. The third-order valence-electron chi connectivity index (χ3n) is 0.816. The molecule has 3 N–H and O–H groups in total. The van der Waals surface area contributed by atoms with E-state index in [1.165, 1.54) is 0 Å². The van der Waals surface area contributed by atoms with Crippen molar-refractivity contribution in [1.29, 1.82) is 5.26 Å². The van der Waals surface area contributed by atoms with E-state index in [1.807, 2.05) is 6.92 Å². The lowest BCUT2D eigenvalue weighted by Crippen LogP contribution is -2.20. The zero-order valence-corrected chi connectivity index (χ0v) is 7.52. The van der Waals surface area contributed by atoms with Crippen LogP contribution >= 0.6 is 11.8 Å². The van der Waals surface area contributed by atoms with Gasteiger partial charge >= 0.3 is 0 Å². The second-order valence-electron chi connectivity index (χ2n) is 1.77. The van der Waals surface area contributed by atoms with E-state index < -0.39 is 5.91 Å². The molecule has 0 atom stereocenters. The van der Waals surface area contributed by atoms with Crippen LogP contribution in [0, 0.1) is 11.5 Å². The lowest BCUT2D eigenvalue weighted by Gasteiger charge is -1.99. The molecule has 6 heteroatoms. The fraction of sp³-hybridized carbons (Fsp3) is 0.500. The number of rotatable bonds is 3. The molecule has 0 fully saturated rings. The van der Waals surface area contributed by atoms with Crippen LogP contribution in [-0.4, -0.2) is 23.4 Å². The molecule has 0 aliphatic rings. The van der Waals surface area contributed by atoms with Crippen molar-refractivity contribution >= 4 is 22.8 Å². The molecule has 0 unspecified atom stereocenters. The van der Waals surface area contributed by atoms with Gasteiger partial charge in [0, 0.05) is 6.54 Å². The summed E-state index contributed by atoms with van der Waals surface area (Å²) in [5, 5.41) is 11.0. The zero-order chi connectivity index (χ0) is 9.40. The maximum Gasteiger partial charge on any atom is 0.227 e. The van der Waals surface area contributed by atoms with Gasteiger partial charge in [0.15, 0.2) is 11.4 Å². The average Bonchev–Trinajstić information content (AvgIpc) is 2.01. The molecule has 1 amide bonds. The van der Waals surface area contributed by atoms with Crippen LogP contribution in [0.4, 0.5) is 0 Å². The first-order valence-electron chi connectivity index (χ1n) is 3.31. The van der Waals surface area contributed by atoms with Gasteiger partial charge in [-0.15, -0.1) is 0 Å². The summed E-state index contributed by atoms with van der Waals surface area (Å²) in [6.07, 6.45) is 1.72. The number of nitrogens with one attached hydrogen (secondary N) is 1. The van der Waals surface area contributed by atoms with Crippen LogP contribution < -0.4 is 11.1 Å². The van der Waals surface area contributed by atoms with Crippen LogP contribution in [0.25, 0.3) is 0 Å². The van der Waals surface area contributed by atoms with Crippen LogP contribution in [0.1, 0.15) is 6.92 Å². The Morgan fingerprint density at radius 3 is 2.92 bits per heavy atom. The van der Waals surface area contributed by atoms with Gasteiger partial charge in [0.2, 0.25) is 5.91 Å². The second kappa shape index (κ2) is 6.49. The van der Waals surface area contributed by atoms with Gasteiger partial charge in [-0.3, -0.25) is 15.1 Å². The predicted octanol–water partition coefficient (Wildman–Crippen LogP) is -0.349. The molecular formula is C6H10N4OS. The number of hydrogen-bond donors (Lipinski definition) is 2. The Kier molecular flexibility index (Phi) is 5.83. The number of carbonyl (C=O) groups is 1. The van der Waals surface area contributed by atoms with E-state index in [0.717, 1.165) is 11.8 Å². The van der Waals surface area contributed by atoms with E-state index in [-0.39, 0.29) is 5.75 Å². The van der Waals surface area contributed by atoms with Crippen LogP contribution in [-0.2, 0) is 4.79 Å². The summed E-state index contributed by atoms with van der Waals surface area (Å²) in [4.78, 5) is 14.3. The highest BCUT2D eigenvalue weighted by Crippen LogP contribution is 2.00. The summed E-state index contributed by atoms with van der Waals surface area (Å²) in [5.74, 6) is -0.295. The van der Waals surface area contributed by atoms with Crippen LogP contribution in [0.3, 0.4) is 0 Å². The molecule has 0 heterocycles. The van der Waals surface area contributed by atoms with Crippen molar-refractivity contribution in [2.24, 2.45) is 10.7 Å². The van der Waals surface area contributed by atoms with Crippen molar-refractivity contribution in [3.63, 3.8) is 0 Å². The second-order valence-corrected chi connectivity index (χ2v) is 2.74. The molecule has 0 aromatic heterocycles. The fourth-order valence-electron chi connectivity index (χ4n) is 0.452. The van der Waals surface area contributed by atoms with Crippen LogP contribution in [0.2, 0.25) is 0 Å². The van der Waals surface area contributed by atoms with E-state index in [4.69, 9.17) is 11.0 Å². The minimum atomic E-state index is -0.427. The van der Waals surface area contributed by atoms with E-state index in [1.54, 1.807) is 6.19 Å². The van der Waals surface area contributed by atoms with Gasteiger partial charge in [0.25, 0.3) is 0 Å². The Labute approximate surface area is 75.0 Å². The molecule has 0 spiro atoms. The Morgan fingerprint density at radius 2 is 2.50 bits per heavy atom. The number of nitriles is 1. The van der Waals surface area contributed by atoms with Gasteiger partial charge in [-0.2, -0.15) is 5.26 Å².